The summed E-state index contributed by atoms with van der Waals surface area (Å²) in [6.45, 7) is 4.87. The average Bonchev–Trinajstić information content (AvgIpc) is 2.34. The van der Waals surface area contributed by atoms with Crippen LogP contribution >= 0.6 is 0 Å². The van der Waals surface area contributed by atoms with Crippen molar-refractivity contribution < 1.29 is 4.84 Å². The van der Waals surface area contributed by atoms with Crippen molar-refractivity contribution in [3.05, 3.63) is 65.2 Å². The summed E-state index contributed by atoms with van der Waals surface area (Å²) in [5.41, 5.74) is 6.73. The molecule has 0 aliphatic carbocycles. The van der Waals surface area contributed by atoms with E-state index in [9.17, 15) is 0 Å². The van der Waals surface area contributed by atoms with E-state index in [-0.39, 0.29) is 0 Å². The van der Waals surface area contributed by atoms with E-state index in [2.05, 4.69) is 31.5 Å². The maximum atomic E-state index is 5.47. The number of nitrogens with one attached hydrogen (secondary N) is 1. The van der Waals surface area contributed by atoms with Gasteiger partial charge in [-0.25, -0.2) is 0 Å². The molecule has 2 rings (SSSR count). The van der Waals surface area contributed by atoms with E-state index < -0.39 is 0 Å². The quantitative estimate of drug-likeness (QED) is 0.808. The maximum absolute atomic E-state index is 5.47. The van der Waals surface area contributed by atoms with Gasteiger partial charge in [0.2, 0.25) is 0 Å². The molecule has 0 bridgehead atoms. The summed E-state index contributed by atoms with van der Waals surface area (Å²) in [4.78, 5) is 5.47. The van der Waals surface area contributed by atoms with Crippen molar-refractivity contribution in [1.82, 2.24) is 5.48 Å². The van der Waals surface area contributed by atoms with Gasteiger partial charge in [-0.15, -0.1) is 0 Å². The van der Waals surface area contributed by atoms with E-state index in [0.717, 1.165) is 5.75 Å². The van der Waals surface area contributed by atoms with Crippen LogP contribution in [0.5, 0.6) is 5.75 Å². The van der Waals surface area contributed by atoms with E-state index >= 15 is 0 Å². The fourth-order valence-corrected chi connectivity index (χ4v) is 1.61. The zero-order valence-corrected chi connectivity index (χ0v) is 10.2. The largest absolute Gasteiger partial charge is 0.408 e. The first kappa shape index (κ1) is 11.7. The fourth-order valence-electron chi connectivity index (χ4n) is 1.61. The molecule has 0 radical (unpaired) electrons. The molecule has 88 valence electrons. The Morgan fingerprint density at radius 2 is 1.65 bits per heavy atom. The van der Waals surface area contributed by atoms with Gasteiger partial charge in [0.1, 0.15) is 5.75 Å². The lowest BCUT2D eigenvalue weighted by Crippen LogP contribution is -2.18. The molecule has 0 saturated carbocycles. The molecule has 1 N–H and O–H groups in total. The number of aryl methyl sites for hydroxylation is 2. The van der Waals surface area contributed by atoms with Gasteiger partial charge in [0.15, 0.2) is 0 Å². The molecule has 2 aromatic carbocycles. The second-order valence-corrected chi connectivity index (χ2v) is 4.16. The van der Waals surface area contributed by atoms with Crippen LogP contribution in [0.4, 0.5) is 0 Å². The van der Waals surface area contributed by atoms with Gasteiger partial charge in [0, 0.05) is 0 Å². The molecule has 0 saturated heterocycles. The standard InChI is InChI=1S/C15H17NO/c1-12-7-9-15(10-8-12)17-16-11-14-6-4-3-5-13(14)2/h3-10,16H,11H2,1-2H3. The molecule has 0 aromatic heterocycles. The minimum absolute atomic E-state index is 0.709. The SMILES string of the molecule is Cc1ccc(ONCc2ccccc2C)cc1. The summed E-state index contributed by atoms with van der Waals surface area (Å²) < 4.78 is 0. The van der Waals surface area contributed by atoms with Crippen molar-refractivity contribution in [2.45, 2.75) is 20.4 Å². The van der Waals surface area contributed by atoms with Gasteiger partial charge >= 0.3 is 0 Å². The summed E-state index contributed by atoms with van der Waals surface area (Å²) in [7, 11) is 0. The second kappa shape index (κ2) is 5.51. The Bertz CT molecular complexity index is 477. The second-order valence-electron chi connectivity index (χ2n) is 4.16. The summed E-state index contributed by atoms with van der Waals surface area (Å²) in [6, 6.07) is 16.3. The van der Waals surface area contributed by atoms with Crippen LogP contribution in [-0.4, -0.2) is 0 Å². The highest BCUT2D eigenvalue weighted by Gasteiger charge is 1.97. The topological polar surface area (TPSA) is 21.3 Å². The normalized spacial score (nSPS) is 10.2. The Morgan fingerprint density at radius 1 is 0.941 bits per heavy atom. The Labute approximate surface area is 102 Å². The van der Waals surface area contributed by atoms with E-state index in [0.29, 0.717) is 6.54 Å². The van der Waals surface area contributed by atoms with Crippen LogP contribution < -0.4 is 10.3 Å². The molecule has 17 heavy (non-hydrogen) atoms. The zero-order chi connectivity index (χ0) is 12.1. The van der Waals surface area contributed by atoms with Crippen molar-refractivity contribution in [1.29, 1.82) is 0 Å². The molecule has 0 amide bonds. The number of hydrogen-bond acceptors (Lipinski definition) is 2. The first-order chi connectivity index (χ1) is 8.25. The summed E-state index contributed by atoms with van der Waals surface area (Å²) >= 11 is 0. The summed E-state index contributed by atoms with van der Waals surface area (Å²) in [5.74, 6) is 0.837. The predicted molar refractivity (Wildman–Crippen MR) is 69.8 cm³/mol. The number of hydrogen-bond donors (Lipinski definition) is 1. The summed E-state index contributed by atoms with van der Waals surface area (Å²) in [6.07, 6.45) is 0. The Hall–Kier alpha value is -1.80. The summed E-state index contributed by atoms with van der Waals surface area (Å²) in [5, 5.41) is 0. The predicted octanol–water partition coefficient (Wildman–Crippen LogP) is 3.39. The van der Waals surface area contributed by atoms with Crippen LogP contribution in [0, 0.1) is 13.8 Å². The zero-order valence-electron chi connectivity index (χ0n) is 10.2. The van der Waals surface area contributed by atoms with E-state index in [4.69, 9.17) is 4.84 Å². The number of hydroxylamine groups is 1. The van der Waals surface area contributed by atoms with Gasteiger partial charge in [-0.1, -0.05) is 42.0 Å². The maximum Gasteiger partial charge on any atom is 0.147 e. The Balaban J connectivity index is 1.88. The van der Waals surface area contributed by atoms with Crippen molar-refractivity contribution in [3.63, 3.8) is 0 Å². The molecule has 0 atom stereocenters. The highest BCUT2D eigenvalue weighted by atomic mass is 16.6. The minimum Gasteiger partial charge on any atom is -0.408 e. The first-order valence-corrected chi connectivity index (χ1v) is 5.76. The third kappa shape index (κ3) is 3.33. The van der Waals surface area contributed by atoms with E-state index in [1.807, 2.05) is 36.4 Å². The molecule has 0 spiro atoms. The molecule has 0 unspecified atom stereocenters. The molecule has 2 aromatic rings. The highest BCUT2D eigenvalue weighted by Crippen LogP contribution is 2.11. The lowest BCUT2D eigenvalue weighted by atomic mass is 10.1. The van der Waals surface area contributed by atoms with Crippen molar-refractivity contribution in [2.75, 3.05) is 0 Å². The van der Waals surface area contributed by atoms with Crippen LogP contribution in [0.25, 0.3) is 0 Å². The van der Waals surface area contributed by atoms with Gasteiger partial charge in [-0.3, -0.25) is 0 Å². The monoisotopic (exact) mass is 227 g/mol. The lowest BCUT2D eigenvalue weighted by Gasteiger charge is -2.09. The van der Waals surface area contributed by atoms with Crippen LogP contribution in [0.2, 0.25) is 0 Å². The third-order valence-corrected chi connectivity index (χ3v) is 2.73. The molecular weight excluding hydrogens is 210 g/mol. The lowest BCUT2D eigenvalue weighted by molar-refractivity contribution is 0.190. The first-order valence-electron chi connectivity index (χ1n) is 5.76. The average molecular weight is 227 g/mol. The van der Waals surface area contributed by atoms with Crippen LogP contribution in [0.15, 0.2) is 48.5 Å². The smallest absolute Gasteiger partial charge is 0.147 e. The van der Waals surface area contributed by atoms with Gasteiger partial charge in [0.05, 0.1) is 6.54 Å². The van der Waals surface area contributed by atoms with E-state index in [1.54, 1.807) is 0 Å². The molecule has 0 aliphatic heterocycles. The highest BCUT2D eigenvalue weighted by molar-refractivity contribution is 5.27. The van der Waals surface area contributed by atoms with Crippen molar-refractivity contribution in [3.8, 4) is 5.75 Å². The van der Waals surface area contributed by atoms with Gasteiger partial charge < -0.3 is 4.84 Å². The van der Waals surface area contributed by atoms with E-state index in [1.165, 1.54) is 16.7 Å². The van der Waals surface area contributed by atoms with Gasteiger partial charge in [-0.2, -0.15) is 5.48 Å². The Kier molecular flexibility index (Phi) is 3.78. The van der Waals surface area contributed by atoms with Crippen LogP contribution in [0.3, 0.4) is 0 Å². The minimum atomic E-state index is 0.709. The molecule has 2 nitrogen and oxygen atoms in total. The van der Waals surface area contributed by atoms with Crippen molar-refractivity contribution >= 4 is 0 Å². The molecular formula is C15H17NO. The number of benzene rings is 2. The van der Waals surface area contributed by atoms with Gasteiger partial charge in [0.25, 0.3) is 0 Å². The molecule has 2 heteroatoms. The van der Waals surface area contributed by atoms with Crippen LogP contribution in [-0.2, 0) is 6.54 Å². The third-order valence-electron chi connectivity index (χ3n) is 2.73. The molecule has 0 heterocycles. The molecule has 0 fully saturated rings. The van der Waals surface area contributed by atoms with Gasteiger partial charge in [-0.05, 0) is 37.1 Å². The molecule has 0 aliphatic rings. The van der Waals surface area contributed by atoms with Crippen molar-refractivity contribution in [2.24, 2.45) is 0 Å². The van der Waals surface area contributed by atoms with Crippen LogP contribution in [0.1, 0.15) is 16.7 Å². The fraction of sp³-hybridized carbons (Fsp3) is 0.200. The number of rotatable bonds is 4. The Morgan fingerprint density at radius 3 is 2.35 bits per heavy atom.